The van der Waals surface area contributed by atoms with E-state index >= 15 is 0 Å². The van der Waals surface area contributed by atoms with E-state index in [-0.39, 0.29) is 13.0 Å². The molecule has 0 saturated carbocycles. The third-order valence-electron chi connectivity index (χ3n) is 1.23. The summed E-state index contributed by atoms with van der Waals surface area (Å²) in [6.45, 7) is 2.30. The lowest BCUT2D eigenvalue weighted by Gasteiger charge is -2.01. The zero-order valence-electron chi connectivity index (χ0n) is 7.46. The summed E-state index contributed by atoms with van der Waals surface area (Å²) in [6.07, 6.45) is 0.921. The highest BCUT2D eigenvalue weighted by Crippen LogP contribution is 1.91. The molecule has 0 aliphatic rings. The van der Waals surface area contributed by atoms with Gasteiger partial charge in [-0.1, -0.05) is 6.92 Å². The van der Waals surface area contributed by atoms with Gasteiger partial charge < -0.3 is 9.47 Å². The highest BCUT2D eigenvalue weighted by molar-refractivity contribution is 6.33. The van der Waals surface area contributed by atoms with Gasteiger partial charge in [0.15, 0.2) is 0 Å². The number of ketones is 1. The van der Waals surface area contributed by atoms with Crippen LogP contribution in [0.25, 0.3) is 0 Å². The van der Waals surface area contributed by atoms with Crippen LogP contribution in [0.1, 0.15) is 19.8 Å². The molecule has 0 aliphatic heterocycles. The van der Waals surface area contributed by atoms with Crippen molar-refractivity contribution in [2.24, 2.45) is 0 Å². The minimum atomic E-state index is -0.756. The van der Waals surface area contributed by atoms with Crippen LogP contribution in [-0.4, -0.2) is 32.1 Å². The fourth-order valence-electron chi connectivity index (χ4n) is 0.627. The first-order chi connectivity index (χ1) is 5.72. The highest BCUT2D eigenvalue weighted by Gasteiger charge is 2.12. The van der Waals surface area contributed by atoms with Crippen molar-refractivity contribution >= 4 is 11.8 Å². The Morgan fingerprint density at radius 1 is 1.25 bits per heavy atom. The molecule has 0 aromatic rings. The van der Waals surface area contributed by atoms with Crippen LogP contribution < -0.4 is 0 Å². The van der Waals surface area contributed by atoms with E-state index in [0.717, 1.165) is 0 Å². The van der Waals surface area contributed by atoms with Gasteiger partial charge in [0.1, 0.15) is 6.61 Å². The molecule has 4 nitrogen and oxygen atoms in total. The van der Waals surface area contributed by atoms with Crippen molar-refractivity contribution < 1.29 is 19.1 Å². The fourth-order valence-corrected chi connectivity index (χ4v) is 0.627. The molecule has 0 aromatic heterocycles. The number of hydrogen-bond acceptors (Lipinski definition) is 4. The fraction of sp³-hybridized carbons (Fsp3) is 0.750. The maximum Gasteiger partial charge on any atom is 0.374 e. The number of methoxy groups -OCH3 is 1. The molecule has 0 atom stereocenters. The maximum atomic E-state index is 10.8. The molecule has 12 heavy (non-hydrogen) atoms. The number of rotatable bonds is 6. The monoisotopic (exact) mass is 174 g/mol. The number of carbonyl (C=O) groups is 2. The number of ether oxygens (including phenoxy) is 2. The molecule has 0 saturated heterocycles. The Balaban J connectivity index is 3.50. The van der Waals surface area contributed by atoms with Crippen LogP contribution in [0.15, 0.2) is 0 Å². The molecule has 0 heterocycles. The Kier molecular flexibility index (Phi) is 6.28. The molecular weight excluding hydrogens is 160 g/mol. The Morgan fingerprint density at radius 3 is 2.42 bits per heavy atom. The summed E-state index contributed by atoms with van der Waals surface area (Å²) in [5, 5.41) is 0. The van der Waals surface area contributed by atoms with Gasteiger partial charge in [0, 0.05) is 13.5 Å². The minimum Gasteiger partial charge on any atom is -0.458 e. The number of hydrogen-bond donors (Lipinski definition) is 0. The van der Waals surface area contributed by atoms with Gasteiger partial charge in [0.2, 0.25) is 5.78 Å². The second kappa shape index (κ2) is 6.79. The van der Waals surface area contributed by atoms with Crippen molar-refractivity contribution in [2.45, 2.75) is 19.8 Å². The second-order valence-corrected chi connectivity index (χ2v) is 2.30. The van der Waals surface area contributed by atoms with Gasteiger partial charge in [-0.25, -0.2) is 4.79 Å². The van der Waals surface area contributed by atoms with Crippen LogP contribution in [0, 0.1) is 0 Å². The summed E-state index contributed by atoms with van der Waals surface area (Å²) < 4.78 is 9.23. The quantitative estimate of drug-likeness (QED) is 0.335. The van der Waals surface area contributed by atoms with Crippen molar-refractivity contribution in [3.8, 4) is 0 Å². The van der Waals surface area contributed by atoms with Crippen LogP contribution in [0.3, 0.4) is 0 Å². The van der Waals surface area contributed by atoms with Crippen LogP contribution in [0.2, 0.25) is 0 Å². The Bertz CT molecular complexity index is 153. The Morgan fingerprint density at radius 2 is 1.92 bits per heavy atom. The Hall–Kier alpha value is -0.900. The van der Waals surface area contributed by atoms with Crippen molar-refractivity contribution in [2.75, 3.05) is 20.3 Å². The lowest BCUT2D eigenvalue weighted by Crippen LogP contribution is -2.19. The summed E-state index contributed by atoms with van der Waals surface area (Å²) in [6, 6.07) is 0. The third kappa shape index (κ3) is 4.85. The third-order valence-corrected chi connectivity index (χ3v) is 1.23. The molecule has 0 spiro atoms. The Labute approximate surface area is 71.8 Å². The van der Waals surface area contributed by atoms with E-state index in [1.165, 1.54) is 7.11 Å². The van der Waals surface area contributed by atoms with E-state index in [4.69, 9.17) is 0 Å². The molecule has 0 unspecified atom stereocenters. The number of carbonyl (C=O) groups excluding carboxylic acids is 2. The van der Waals surface area contributed by atoms with E-state index < -0.39 is 11.8 Å². The summed E-state index contributed by atoms with van der Waals surface area (Å²) in [7, 11) is 1.50. The van der Waals surface area contributed by atoms with Gasteiger partial charge in [-0.3, -0.25) is 4.79 Å². The van der Waals surface area contributed by atoms with Crippen molar-refractivity contribution in [1.29, 1.82) is 0 Å². The standard InChI is InChI=1S/C8H14O4/c1-3-4-7(9)8(10)12-6-5-11-2/h3-6H2,1-2H3. The zero-order valence-corrected chi connectivity index (χ0v) is 7.46. The van der Waals surface area contributed by atoms with E-state index in [1.807, 2.05) is 6.92 Å². The predicted octanol–water partition coefficient (Wildman–Crippen LogP) is 0.545. The first-order valence-electron chi connectivity index (χ1n) is 3.91. The van der Waals surface area contributed by atoms with Gasteiger partial charge in [0.25, 0.3) is 0 Å². The molecule has 0 amide bonds. The van der Waals surface area contributed by atoms with Gasteiger partial charge in [-0.2, -0.15) is 0 Å². The minimum absolute atomic E-state index is 0.144. The SMILES string of the molecule is CCCC(=O)C(=O)OCCOC. The van der Waals surface area contributed by atoms with Crippen LogP contribution >= 0.6 is 0 Å². The van der Waals surface area contributed by atoms with Crippen molar-refractivity contribution in [3.05, 3.63) is 0 Å². The summed E-state index contributed by atoms with van der Waals surface area (Å²) in [5.74, 6) is -1.22. The highest BCUT2D eigenvalue weighted by atomic mass is 16.6. The molecule has 70 valence electrons. The number of esters is 1. The summed E-state index contributed by atoms with van der Waals surface area (Å²) >= 11 is 0. The largest absolute Gasteiger partial charge is 0.458 e. The molecular formula is C8H14O4. The van der Waals surface area contributed by atoms with Gasteiger partial charge in [-0.05, 0) is 6.42 Å². The lowest BCUT2D eigenvalue weighted by atomic mass is 10.2. The average Bonchev–Trinajstić information content (AvgIpc) is 2.05. The normalized spacial score (nSPS) is 9.50. The average molecular weight is 174 g/mol. The molecule has 0 aromatic carbocycles. The maximum absolute atomic E-state index is 10.8. The molecule has 4 heteroatoms. The smallest absolute Gasteiger partial charge is 0.374 e. The molecule has 0 fully saturated rings. The van der Waals surface area contributed by atoms with Gasteiger partial charge in [0.05, 0.1) is 6.61 Å². The molecule has 0 aliphatic carbocycles. The van der Waals surface area contributed by atoms with Crippen molar-refractivity contribution in [3.63, 3.8) is 0 Å². The zero-order chi connectivity index (χ0) is 9.40. The van der Waals surface area contributed by atoms with E-state index in [9.17, 15) is 9.59 Å². The molecule has 0 radical (unpaired) electrons. The van der Waals surface area contributed by atoms with Crippen LogP contribution in [0.4, 0.5) is 0 Å². The van der Waals surface area contributed by atoms with Gasteiger partial charge >= 0.3 is 5.97 Å². The van der Waals surface area contributed by atoms with Crippen LogP contribution in [-0.2, 0) is 19.1 Å². The molecule has 0 rings (SSSR count). The van der Waals surface area contributed by atoms with Crippen molar-refractivity contribution in [1.82, 2.24) is 0 Å². The molecule has 0 bridgehead atoms. The summed E-state index contributed by atoms with van der Waals surface area (Å²) in [4.78, 5) is 21.6. The number of Topliss-reactive ketones (excluding diaryl/α,β-unsaturated/α-hetero) is 1. The first kappa shape index (κ1) is 11.1. The molecule has 0 N–H and O–H groups in total. The van der Waals surface area contributed by atoms with E-state index in [0.29, 0.717) is 13.0 Å². The first-order valence-corrected chi connectivity index (χ1v) is 3.91. The van der Waals surface area contributed by atoms with Crippen LogP contribution in [0.5, 0.6) is 0 Å². The predicted molar refractivity (Wildman–Crippen MR) is 42.8 cm³/mol. The second-order valence-electron chi connectivity index (χ2n) is 2.30. The topological polar surface area (TPSA) is 52.6 Å². The lowest BCUT2D eigenvalue weighted by molar-refractivity contribution is -0.154. The van der Waals surface area contributed by atoms with Gasteiger partial charge in [-0.15, -0.1) is 0 Å². The summed E-state index contributed by atoms with van der Waals surface area (Å²) in [5.41, 5.74) is 0. The van der Waals surface area contributed by atoms with E-state index in [2.05, 4.69) is 9.47 Å². The van der Waals surface area contributed by atoms with E-state index in [1.54, 1.807) is 0 Å².